The monoisotopic (exact) mass is 667 g/mol. The van der Waals surface area contributed by atoms with Gasteiger partial charge >= 0.3 is 0 Å². The highest BCUT2D eigenvalue weighted by Gasteiger charge is 2.35. The van der Waals surface area contributed by atoms with Gasteiger partial charge in [-0.3, -0.25) is 13.9 Å². The van der Waals surface area contributed by atoms with Crippen molar-refractivity contribution in [3.63, 3.8) is 0 Å². The molecule has 1 N–H and O–H groups in total. The van der Waals surface area contributed by atoms with Gasteiger partial charge < -0.3 is 15.0 Å². The van der Waals surface area contributed by atoms with Crippen molar-refractivity contribution in [1.82, 2.24) is 10.2 Å². The van der Waals surface area contributed by atoms with Crippen LogP contribution in [0.3, 0.4) is 0 Å². The number of carbonyl (C=O) groups is 2. The van der Waals surface area contributed by atoms with Gasteiger partial charge in [0.05, 0.1) is 17.7 Å². The van der Waals surface area contributed by atoms with Crippen LogP contribution in [0.15, 0.2) is 108 Å². The number of benzene rings is 4. The SMILES string of the molecule is COc1ccc(Cl)cc1N(CC(=O)N(Cc1ccc(Cl)cc1)[C@@H](Cc1ccccc1)C(=O)NC(C)C)S(=O)(=O)c1ccccc1. The fourth-order valence-electron chi connectivity index (χ4n) is 4.81. The van der Waals surface area contributed by atoms with Crippen LogP contribution in [0.1, 0.15) is 25.0 Å². The highest BCUT2D eigenvalue weighted by atomic mass is 35.5. The Morgan fingerprint density at radius 2 is 1.42 bits per heavy atom. The average molecular weight is 669 g/mol. The first kappa shape index (κ1) is 33.8. The molecule has 236 valence electrons. The van der Waals surface area contributed by atoms with E-state index in [1.54, 1.807) is 48.5 Å². The van der Waals surface area contributed by atoms with Crippen molar-refractivity contribution >= 4 is 50.7 Å². The third-order valence-electron chi connectivity index (χ3n) is 6.99. The minimum atomic E-state index is -4.31. The van der Waals surface area contributed by atoms with Crippen LogP contribution in [0.4, 0.5) is 5.69 Å². The third kappa shape index (κ3) is 8.78. The van der Waals surface area contributed by atoms with Crippen molar-refractivity contribution in [3.8, 4) is 5.75 Å². The van der Waals surface area contributed by atoms with E-state index in [-0.39, 0.29) is 46.3 Å². The maximum absolute atomic E-state index is 14.5. The smallest absolute Gasteiger partial charge is 0.264 e. The Morgan fingerprint density at radius 3 is 2.02 bits per heavy atom. The quantitative estimate of drug-likeness (QED) is 0.179. The van der Waals surface area contributed by atoms with Gasteiger partial charge in [0.2, 0.25) is 11.8 Å². The summed E-state index contributed by atoms with van der Waals surface area (Å²) in [5.41, 5.74) is 1.63. The summed E-state index contributed by atoms with van der Waals surface area (Å²) in [6.07, 6.45) is 0.199. The molecule has 0 fully saturated rings. The van der Waals surface area contributed by atoms with Crippen molar-refractivity contribution in [2.75, 3.05) is 18.0 Å². The van der Waals surface area contributed by atoms with E-state index in [4.69, 9.17) is 27.9 Å². The molecule has 1 atom stereocenters. The molecule has 0 aliphatic rings. The lowest BCUT2D eigenvalue weighted by molar-refractivity contribution is -0.140. The van der Waals surface area contributed by atoms with Crippen molar-refractivity contribution in [2.45, 2.75) is 43.8 Å². The first-order valence-electron chi connectivity index (χ1n) is 14.3. The van der Waals surface area contributed by atoms with Crippen LogP contribution in [-0.2, 0) is 32.6 Å². The fourth-order valence-corrected chi connectivity index (χ4v) is 6.54. The number of hydrogen-bond donors (Lipinski definition) is 1. The van der Waals surface area contributed by atoms with Gasteiger partial charge in [-0.1, -0.05) is 83.9 Å². The number of carbonyl (C=O) groups excluding carboxylic acids is 2. The number of halogens is 2. The number of hydrogen-bond acceptors (Lipinski definition) is 5. The zero-order chi connectivity index (χ0) is 32.6. The van der Waals surface area contributed by atoms with Gasteiger partial charge in [0, 0.05) is 29.1 Å². The van der Waals surface area contributed by atoms with E-state index in [1.165, 1.54) is 36.3 Å². The van der Waals surface area contributed by atoms with Gasteiger partial charge in [-0.25, -0.2) is 8.42 Å². The van der Waals surface area contributed by atoms with E-state index in [2.05, 4.69) is 5.32 Å². The maximum Gasteiger partial charge on any atom is 0.264 e. The van der Waals surface area contributed by atoms with E-state index < -0.39 is 28.5 Å². The standard InChI is InChI=1S/C34H35Cl2N3O5S/c1-24(2)37-34(41)31(20-25-10-6-4-7-11-25)38(22-26-14-16-27(35)17-15-26)33(40)23-39(30-21-28(36)18-19-32(30)44-3)45(42,43)29-12-8-5-9-13-29/h4-19,21,24,31H,20,22-23H2,1-3H3,(H,37,41)/t31-/m0/s1. The van der Waals surface area contributed by atoms with E-state index in [1.807, 2.05) is 44.2 Å². The Kier molecular flexibility index (Phi) is 11.5. The van der Waals surface area contributed by atoms with Gasteiger partial charge in [-0.2, -0.15) is 0 Å². The molecule has 4 aromatic carbocycles. The Balaban J connectivity index is 1.84. The normalized spacial score (nSPS) is 12.0. The molecule has 45 heavy (non-hydrogen) atoms. The molecule has 0 saturated carbocycles. The van der Waals surface area contributed by atoms with Crippen molar-refractivity contribution in [3.05, 3.63) is 124 Å². The molecule has 0 spiro atoms. The second-order valence-electron chi connectivity index (χ2n) is 10.7. The van der Waals surface area contributed by atoms with Crippen LogP contribution < -0.4 is 14.4 Å². The Labute approximate surface area is 274 Å². The summed E-state index contributed by atoms with van der Waals surface area (Å²) in [4.78, 5) is 29.7. The van der Waals surface area contributed by atoms with Gasteiger partial charge in [-0.15, -0.1) is 0 Å². The highest BCUT2D eigenvalue weighted by Crippen LogP contribution is 2.35. The lowest BCUT2D eigenvalue weighted by atomic mass is 10.0. The Hall–Kier alpha value is -4.05. The fraction of sp³-hybridized carbons (Fsp3) is 0.235. The van der Waals surface area contributed by atoms with Gasteiger partial charge in [0.25, 0.3) is 10.0 Å². The Bertz CT molecular complexity index is 1700. The summed E-state index contributed by atoms with van der Waals surface area (Å²) in [6.45, 7) is 3.05. The summed E-state index contributed by atoms with van der Waals surface area (Å²) in [5.74, 6) is -0.769. The van der Waals surface area contributed by atoms with E-state index in [0.717, 1.165) is 9.87 Å². The first-order chi connectivity index (χ1) is 21.5. The lowest BCUT2D eigenvalue weighted by Gasteiger charge is -2.34. The summed E-state index contributed by atoms with van der Waals surface area (Å²) in [5, 5.41) is 3.71. The largest absolute Gasteiger partial charge is 0.495 e. The number of anilines is 1. The molecule has 0 saturated heterocycles. The van der Waals surface area contributed by atoms with E-state index in [0.29, 0.717) is 10.6 Å². The lowest BCUT2D eigenvalue weighted by Crippen LogP contribution is -2.54. The second kappa shape index (κ2) is 15.3. The van der Waals surface area contributed by atoms with Crippen molar-refractivity contribution < 1.29 is 22.7 Å². The molecule has 0 aliphatic carbocycles. The molecule has 4 rings (SSSR count). The number of rotatable bonds is 13. The highest BCUT2D eigenvalue weighted by molar-refractivity contribution is 7.92. The van der Waals surface area contributed by atoms with Crippen LogP contribution in [0.5, 0.6) is 5.75 Å². The molecule has 0 aliphatic heterocycles. The number of methoxy groups -OCH3 is 1. The van der Waals surface area contributed by atoms with Crippen LogP contribution in [0.2, 0.25) is 10.0 Å². The summed E-state index contributed by atoms with van der Waals surface area (Å²) in [7, 11) is -2.90. The zero-order valence-corrected chi connectivity index (χ0v) is 27.5. The van der Waals surface area contributed by atoms with Crippen LogP contribution in [0.25, 0.3) is 0 Å². The topological polar surface area (TPSA) is 96.0 Å². The molecule has 0 bridgehead atoms. The molecule has 0 radical (unpaired) electrons. The van der Waals surface area contributed by atoms with Gasteiger partial charge in [0.1, 0.15) is 18.3 Å². The minimum absolute atomic E-state index is 0.0188. The van der Waals surface area contributed by atoms with E-state index in [9.17, 15) is 18.0 Å². The molecule has 0 heterocycles. The van der Waals surface area contributed by atoms with Crippen LogP contribution in [0, 0.1) is 0 Å². The molecule has 11 heteroatoms. The number of sulfonamides is 1. The molecular formula is C34H35Cl2N3O5S. The van der Waals surface area contributed by atoms with Crippen molar-refractivity contribution in [1.29, 1.82) is 0 Å². The molecule has 0 aromatic heterocycles. The third-order valence-corrected chi connectivity index (χ3v) is 9.25. The number of nitrogens with one attached hydrogen (secondary N) is 1. The molecule has 4 aromatic rings. The van der Waals surface area contributed by atoms with Gasteiger partial charge in [0.15, 0.2) is 0 Å². The average Bonchev–Trinajstić information content (AvgIpc) is 3.02. The molecule has 2 amide bonds. The number of amides is 2. The molecular weight excluding hydrogens is 633 g/mol. The molecule has 8 nitrogen and oxygen atoms in total. The Morgan fingerprint density at radius 1 is 0.822 bits per heavy atom. The second-order valence-corrected chi connectivity index (χ2v) is 13.4. The zero-order valence-electron chi connectivity index (χ0n) is 25.2. The summed E-state index contributed by atoms with van der Waals surface area (Å²) in [6, 6.07) is 27.4. The maximum atomic E-state index is 14.5. The van der Waals surface area contributed by atoms with Crippen LogP contribution in [-0.4, -0.2) is 50.9 Å². The minimum Gasteiger partial charge on any atom is -0.495 e. The predicted octanol–water partition coefficient (Wildman–Crippen LogP) is 6.36. The van der Waals surface area contributed by atoms with Crippen molar-refractivity contribution in [2.24, 2.45) is 0 Å². The van der Waals surface area contributed by atoms with Gasteiger partial charge in [-0.05, 0) is 67.4 Å². The summed E-state index contributed by atoms with van der Waals surface area (Å²) < 4.78 is 34.8. The van der Waals surface area contributed by atoms with Crippen LogP contribution >= 0.6 is 23.2 Å². The predicted molar refractivity (Wildman–Crippen MR) is 178 cm³/mol. The number of ether oxygens (including phenoxy) is 1. The first-order valence-corrected chi connectivity index (χ1v) is 16.5. The number of nitrogens with zero attached hydrogens (tertiary/aromatic N) is 2. The summed E-state index contributed by atoms with van der Waals surface area (Å²) >= 11 is 12.5. The van der Waals surface area contributed by atoms with E-state index >= 15 is 0 Å². The molecule has 0 unspecified atom stereocenters.